The van der Waals surface area contributed by atoms with Crippen LogP contribution in [0, 0.1) is 0 Å². The minimum atomic E-state index is -3.77. The molecule has 9 nitrogen and oxygen atoms in total. The van der Waals surface area contributed by atoms with Crippen molar-refractivity contribution in [2.45, 2.75) is 37.2 Å². The van der Waals surface area contributed by atoms with Crippen molar-refractivity contribution in [3.8, 4) is 0 Å². The highest BCUT2D eigenvalue weighted by Crippen LogP contribution is 2.25. The van der Waals surface area contributed by atoms with Gasteiger partial charge in [-0.05, 0) is 38.0 Å². The third-order valence-corrected chi connectivity index (χ3v) is 6.23. The Balaban J connectivity index is 2.22. The summed E-state index contributed by atoms with van der Waals surface area (Å²) in [7, 11) is -3.77. The maximum absolute atomic E-state index is 12.7. The number of amides is 3. The number of nitrogens with two attached hydrogens (primary N) is 1. The monoisotopic (exact) mass is 417 g/mol. The van der Waals surface area contributed by atoms with Crippen molar-refractivity contribution < 1.29 is 27.5 Å². The number of esters is 1. The van der Waals surface area contributed by atoms with Crippen LogP contribution in [-0.4, -0.2) is 49.8 Å². The van der Waals surface area contributed by atoms with E-state index in [2.05, 4.69) is 0 Å². The summed E-state index contributed by atoms with van der Waals surface area (Å²) in [5, 5.41) is 1.75. The molecule has 2 rings (SSSR count). The van der Waals surface area contributed by atoms with Crippen LogP contribution in [0.5, 0.6) is 0 Å². The number of hydrogen-bond donors (Lipinski definition) is 2. The van der Waals surface area contributed by atoms with Gasteiger partial charge >= 0.3 is 12.0 Å². The number of nitrogens with zero attached hydrogens (tertiary/aromatic N) is 1. The fourth-order valence-corrected chi connectivity index (χ4v) is 4.31. The summed E-state index contributed by atoms with van der Waals surface area (Å²) in [4.78, 5) is 34.5. The highest BCUT2D eigenvalue weighted by molar-refractivity contribution is 7.89. The van der Waals surface area contributed by atoms with E-state index in [9.17, 15) is 22.8 Å². The van der Waals surface area contributed by atoms with Crippen molar-refractivity contribution in [3.05, 3.63) is 28.8 Å². The lowest BCUT2D eigenvalue weighted by molar-refractivity contribution is -0.127. The zero-order valence-corrected chi connectivity index (χ0v) is 16.2. The van der Waals surface area contributed by atoms with Crippen LogP contribution in [0.4, 0.5) is 4.79 Å². The predicted molar refractivity (Wildman–Crippen MR) is 96.7 cm³/mol. The number of halogens is 1. The molecule has 1 saturated heterocycles. The normalized spacial score (nSPS) is 16.4. The second-order valence-corrected chi connectivity index (χ2v) is 8.35. The highest BCUT2D eigenvalue weighted by atomic mass is 35.5. The molecule has 0 aliphatic carbocycles. The van der Waals surface area contributed by atoms with E-state index in [1.54, 1.807) is 5.32 Å². The molecule has 1 fully saturated rings. The van der Waals surface area contributed by atoms with Gasteiger partial charge in [0.25, 0.3) is 5.91 Å². The van der Waals surface area contributed by atoms with E-state index in [-0.39, 0.29) is 15.5 Å². The van der Waals surface area contributed by atoms with Gasteiger partial charge in [-0.25, -0.2) is 18.0 Å². The van der Waals surface area contributed by atoms with Gasteiger partial charge in [0.05, 0.1) is 15.5 Å². The molecule has 0 aromatic heterocycles. The first-order chi connectivity index (χ1) is 12.6. The van der Waals surface area contributed by atoms with Crippen LogP contribution in [0.2, 0.25) is 5.02 Å². The quantitative estimate of drug-likeness (QED) is 0.692. The molecule has 1 unspecified atom stereocenters. The van der Waals surface area contributed by atoms with Crippen molar-refractivity contribution in [3.63, 3.8) is 0 Å². The highest BCUT2D eigenvalue weighted by Gasteiger charge is 2.28. The zero-order valence-electron chi connectivity index (χ0n) is 14.6. The predicted octanol–water partition coefficient (Wildman–Crippen LogP) is 1.25. The van der Waals surface area contributed by atoms with Gasteiger partial charge in [0.1, 0.15) is 0 Å². The number of rotatable bonds is 5. The molecular formula is C16H20ClN3O6S. The summed E-state index contributed by atoms with van der Waals surface area (Å²) in [6.45, 7) is 2.06. The molecule has 148 valence electrons. The smallest absolute Gasteiger partial charge is 0.340 e. The molecule has 1 aromatic rings. The molecule has 1 aromatic carbocycles. The molecule has 1 atom stereocenters. The van der Waals surface area contributed by atoms with E-state index in [0.717, 1.165) is 25.3 Å². The Kier molecular flexibility index (Phi) is 6.79. The van der Waals surface area contributed by atoms with Crippen LogP contribution in [0.25, 0.3) is 0 Å². The zero-order chi connectivity index (χ0) is 20.2. The number of urea groups is 1. The molecule has 1 heterocycles. The van der Waals surface area contributed by atoms with Crippen molar-refractivity contribution in [1.82, 2.24) is 9.62 Å². The molecule has 1 aliphatic rings. The molecule has 0 bridgehead atoms. The first kappa shape index (κ1) is 21.1. The Morgan fingerprint density at radius 3 is 2.44 bits per heavy atom. The fourth-order valence-electron chi connectivity index (χ4n) is 2.58. The summed E-state index contributed by atoms with van der Waals surface area (Å²) in [5.41, 5.74) is 4.63. The number of carbonyl (C=O) groups is 3. The van der Waals surface area contributed by atoms with Crippen LogP contribution < -0.4 is 11.1 Å². The maximum Gasteiger partial charge on any atom is 0.340 e. The van der Waals surface area contributed by atoms with E-state index < -0.39 is 34.0 Å². The van der Waals surface area contributed by atoms with Crippen LogP contribution in [0.15, 0.2) is 23.1 Å². The maximum atomic E-state index is 12.7. The Hall–Kier alpha value is -2.17. The van der Waals surface area contributed by atoms with Crippen LogP contribution in [0.1, 0.15) is 36.5 Å². The molecule has 3 amide bonds. The minimum absolute atomic E-state index is 0.0277. The Labute approximate surface area is 161 Å². The van der Waals surface area contributed by atoms with Crippen LogP contribution >= 0.6 is 11.6 Å². The number of sulfonamides is 1. The number of nitrogens with one attached hydrogen (secondary N) is 1. The molecule has 27 heavy (non-hydrogen) atoms. The molecule has 0 spiro atoms. The average Bonchev–Trinajstić information content (AvgIpc) is 2.61. The third-order valence-electron chi connectivity index (χ3n) is 4.01. The summed E-state index contributed by atoms with van der Waals surface area (Å²) < 4.78 is 31.8. The molecule has 11 heteroatoms. The summed E-state index contributed by atoms with van der Waals surface area (Å²) in [6, 6.07) is 2.62. The van der Waals surface area contributed by atoms with Gasteiger partial charge in [0, 0.05) is 13.1 Å². The lowest BCUT2D eigenvalue weighted by Gasteiger charge is -2.26. The fraction of sp³-hybridized carbons (Fsp3) is 0.438. The topological polar surface area (TPSA) is 136 Å². The van der Waals surface area contributed by atoms with Gasteiger partial charge in [-0.15, -0.1) is 0 Å². The van der Waals surface area contributed by atoms with Crippen molar-refractivity contribution in [1.29, 1.82) is 0 Å². The van der Waals surface area contributed by atoms with E-state index in [4.69, 9.17) is 22.1 Å². The standard InChI is InChI=1S/C16H20ClN3O6S/c1-10(14(21)19-16(18)23)26-15(22)12-9-11(5-6-13(12)17)27(24,25)20-7-3-2-4-8-20/h5-6,9-10H,2-4,7-8H2,1H3,(H3,18,19,21,23). The Morgan fingerprint density at radius 2 is 1.85 bits per heavy atom. The van der Waals surface area contributed by atoms with Crippen LogP contribution in [-0.2, 0) is 19.6 Å². The van der Waals surface area contributed by atoms with Gasteiger partial charge < -0.3 is 10.5 Å². The number of piperidine rings is 1. The molecule has 1 aliphatic heterocycles. The first-order valence-corrected chi connectivity index (χ1v) is 10.1. The van der Waals surface area contributed by atoms with Crippen molar-refractivity contribution in [2.75, 3.05) is 13.1 Å². The van der Waals surface area contributed by atoms with E-state index in [0.29, 0.717) is 13.1 Å². The summed E-state index contributed by atoms with van der Waals surface area (Å²) >= 11 is 5.99. The summed E-state index contributed by atoms with van der Waals surface area (Å²) in [5.74, 6) is -1.91. The second kappa shape index (κ2) is 8.68. The Bertz CT molecular complexity index is 852. The largest absolute Gasteiger partial charge is 0.449 e. The van der Waals surface area contributed by atoms with Gasteiger partial charge in [0.2, 0.25) is 10.0 Å². The van der Waals surface area contributed by atoms with E-state index in [1.807, 2.05) is 0 Å². The average molecular weight is 418 g/mol. The Morgan fingerprint density at radius 1 is 1.22 bits per heavy atom. The molecule has 0 saturated carbocycles. The first-order valence-electron chi connectivity index (χ1n) is 8.24. The molecular weight excluding hydrogens is 398 g/mol. The van der Waals surface area contributed by atoms with Crippen molar-refractivity contribution in [2.24, 2.45) is 5.73 Å². The van der Waals surface area contributed by atoms with E-state index >= 15 is 0 Å². The van der Waals surface area contributed by atoms with Gasteiger partial charge in [-0.3, -0.25) is 10.1 Å². The number of carbonyl (C=O) groups excluding carboxylic acids is 3. The third kappa shape index (κ3) is 5.18. The van der Waals surface area contributed by atoms with Crippen LogP contribution in [0.3, 0.4) is 0 Å². The molecule has 0 radical (unpaired) electrons. The van der Waals surface area contributed by atoms with E-state index in [1.165, 1.54) is 23.4 Å². The van der Waals surface area contributed by atoms with Crippen molar-refractivity contribution >= 4 is 39.5 Å². The number of ether oxygens (including phenoxy) is 1. The van der Waals surface area contributed by atoms with Gasteiger partial charge in [-0.1, -0.05) is 18.0 Å². The number of imide groups is 1. The summed E-state index contributed by atoms with van der Waals surface area (Å²) in [6.07, 6.45) is 1.18. The number of primary amides is 1. The van der Waals surface area contributed by atoms with Gasteiger partial charge in [0.15, 0.2) is 6.10 Å². The lowest BCUT2D eigenvalue weighted by Crippen LogP contribution is -2.42. The van der Waals surface area contributed by atoms with Gasteiger partial charge in [-0.2, -0.15) is 4.31 Å². The SMILES string of the molecule is CC(OC(=O)c1cc(S(=O)(=O)N2CCCCC2)ccc1Cl)C(=O)NC(N)=O. The minimum Gasteiger partial charge on any atom is -0.449 e. The second-order valence-electron chi connectivity index (χ2n) is 6.01. The number of hydrogen-bond acceptors (Lipinski definition) is 6. The molecule has 3 N–H and O–H groups in total. The number of benzene rings is 1. The lowest BCUT2D eigenvalue weighted by atomic mass is 10.2.